The van der Waals surface area contributed by atoms with Gasteiger partial charge in [-0.05, 0) is 25.0 Å². The van der Waals surface area contributed by atoms with Crippen LogP contribution in [0.25, 0.3) is 0 Å². The van der Waals surface area contributed by atoms with Gasteiger partial charge in [0.15, 0.2) is 0 Å². The molecule has 0 heterocycles. The standard InChI is InChI=1S/C12H18N2O/c1-4-10(5-2)13-14-11-8-6-7-9-12(11)15-3/h6-10H,4-5H2,1-3H3. The van der Waals surface area contributed by atoms with Crippen LogP contribution in [0.15, 0.2) is 34.5 Å². The summed E-state index contributed by atoms with van der Waals surface area (Å²) in [5.41, 5.74) is 0.798. The van der Waals surface area contributed by atoms with Crippen molar-refractivity contribution in [3.63, 3.8) is 0 Å². The second-order valence-electron chi connectivity index (χ2n) is 3.36. The SMILES string of the molecule is CCC(CC)N=Nc1ccccc1OC. The lowest BCUT2D eigenvalue weighted by molar-refractivity contribution is 0.415. The Labute approximate surface area is 91.2 Å². The highest BCUT2D eigenvalue weighted by Crippen LogP contribution is 2.27. The van der Waals surface area contributed by atoms with Crippen molar-refractivity contribution in [1.82, 2.24) is 0 Å². The number of nitrogens with zero attached hydrogens (tertiary/aromatic N) is 2. The highest BCUT2D eigenvalue weighted by atomic mass is 16.5. The van der Waals surface area contributed by atoms with Crippen molar-refractivity contribution >= 4 is 5.69 Å². The minimum absolute atomic E-state index is 0.315. The fourth-order valence-electron chi connectivity index (χ4n) is 1.31. The predicted molar refractivity (Wildman–Crippen MR) is 61.9 cm³/mol. The first-order valence-corrected chi connectivity index (χ1v) is 5.35. The van der Waals surface area contributed by atoms with E-state index in [1.807, 2.05) is 24.3 Å². The zero-order chi connectivity index (χ0) is 11.1. The van der Waals surface area contributed by atoms with Crippen LogP contribution in [0.1, 0.15) is 26.7 Å². The van der Waals surface area contributed by atoms with Gasteiger partial charge in [-0.2, -0.15) is 10.2 Å². The van der Waals surface area contributed by atoms with Gasteiger partial charge in [-0.25, -0.2) is 0 Å². The Kier molecular flexibility index (Phi) is 4.81. The average molecular weight is 206 g/mol. The summed E-state index contributed by atoms with van der Waals surface area (Å²) in [4.78, 5) is 0. The van der Waals surface area contributed by atoms with Crippen LogP contribution in [0.5, 0.6) is 5.75 Å². The maximum absolute atomic E-state index is 5.19. The van der Waals surface area contributed by atoms with Gasteiger partial charge in [0.2, 0.25) is 0 Å². The van der Waals surface area contributed by atoms with Gasteiger partial charge in [0.25, 0.3) is 0 Å². The molecule has 0 radical (unpaired) electrons. The van der Waals surface area contributed by atoms with Crippen molar-refractivity contribution in [1.29, 1.82) is 0 Å². The average Bonchev–Trinajstić information content (AvgIpc) is 2.31. The van der Waals surface area contributed by atoms with E-state index in [2.05, 4.69) is 24.1 Å². The Bertz CT molecular complexity index is 319. The molecule has 0 aliphatic heterocycles. The Balaban J connectivity index is 2.78. The molecule has 0 saturated carbocycles. The largest absolute Gasteiger partial charge is 0.494 e. The molecule has 0 N–H and O–H groups in total. The zero-order valence-electron chi connectivity index (χ0n) is 9.60. The van der Waals surface area contributed by atoms with Crippen LogP contribution in [0.4, 0.5) is 5.69 Å². The van der Waals surface area contributed by atoms with Gasteiger partial charge in [0, 0.05) is 0 Å². The highest BCUT2D eigenvalue weighted by molar-refractivity contribution is 5.50. The molecule has 0 atom stereocenters. The second-order valence-corrected chi connectivity index (χ2v) is 3.36. The van der Waals surface area contributed by atoms with Gasteiger partial charge >= 0.3 is 0 Å². The minimum Gasteiger partial charge on any atom is -0.494 e. The third-order valence-electron chi connectivity index (χ3n) is 2.36. The first-order chi connectivity index (χ1) is 7.31. The van der Waals surface area contributed by atoms with Crippen molar-refractivity contribution in [2.45, 2.75) is 32.7 Å². The fraction of sp³-hybridized carbons (Fsp3) is 0.500. The van der Waals surface area contributed by atoms with E-state index in [0.29, 0.717) is 6.04 Å². The molecule has 0 aliphatic rings. The van der Waals surface area contributed by atoms with Crippen molar-refractivity contribution in [2.75, 3.05) is 7.11 Å². The molecule has 0 spiro atoms. The molecule has 0 bridgehead atoms. The van der Waals surface area contributed by atoms with Crippen LogP contribution < -0.4 is 4.74 Å². The summed E-state index contributed by atoms with van der Waals surface area (Å²) in [6.07, 6.45) is 2.05. The molecule has 0 aromatic heterocycles. The van der Waals surface area contributed by atoms with Gasteiger partial charge in [-0.3, -0.25) is 0 Å². The van der Waals surface area contributed by atoms with Crippen LogP contribution in [-0.4, -0.2) is 13.2 Å². The van der Waals surface area contributed by atoms with Gasteiger partial charge in [0.1, 0.15) is 11.4 Å². The molecule has 0 saturated heterocycles. The lowest BCUT2D eigenvalue weighted by Crippen LogP contribution is -1.97. The topological polar surface area (TPSA) is 34.0 Å². The molecular weight excluding hydrogens is 188 g/mol. The van der Waals surface area contributed by atoms with Gasteiger partial charge in [-0.15, -0.1) is 0 Å². The molecule has 0 aliphatic carbocycles. The number of para-hydroxylation sites is 1. The summed E-state index contributed by atoms with van der Waals surface area (Å²) in [5, 5.41) is 8.50. The summed E-state index contributed by atoms with van der Waals surface area (Å²) < 4.78 is 5.19. The molecular formula is C12H18N2O. The van der Waals surface area contributed by atoms with Crippen LogP contribution >= 0.6 is 0 Å². The van der Waals surface area contributed by atoms with E-state index in [4.69, 9.17) is 4.74 Å². The number of rotatable bonds is 5. The van der Waals surface area contributed by atoms with Crippen molar-refractivity contribution < 1.29 is 4.74 Å². The van der Waals surface area contributed by atoms with Crippen molar-refractivity contribution in [3.8, 4) is 5.75 Å². The first-order valence-electron chi connectivity index (χ1n) is 5.35. The Morgan fingerprint density at radius 2 is 1.87 bits per heavy atom. The third-order valence-corrected chi connectivity index (χ3v) is 2.36. The molecule has 3 heteroatoms. The van der Waals surface area contributed by atoms with Crippen molar-refractivity contribution in [3.05, 3.63) is 24.3 Å². The van der Waals surface area contributed by atoms with Crippen LogP contribution in [0.2, 0.25) is 0 Å². The Morgan fingerprint density at radius 1 is 1.20 bits per heavy atom. The molecule has 3 nitrogen and oxygen atoms in total. The van der Waals surface area contributed by atoms with E-state index in [1.165, 1.54) is 0 Å². The van der Waals surface area contributed by atoms with E-state index >= 15 is 0 Å². The number of benzene rings is 1. The molecule has 0 fully saturated rings. The number of methoxy groups -OCH3 is 1. The van der Waals surface area contributed by atoms with E-state index in [-0.39, 0.29) is 0 Å². The smallest absolute Gasteiger partial charge is 0.146 e. The maximum Gasteiger partial charge on any atom is 0.146 e. The zero-order valence-corrected chi connectivity index (χ0v) is 9.60. The normalized spacial score (nSPS) is 11.2. The summed E-state index contributed by atoms with van der Waals surface area (Å²) in [6.45, 7) is 4.24. The van der Waals surface area contributed by atoms with Crippen LogP contribution in [0, 0.1) is 0 Å². The van der Waals surface area contributed by atoms with Crippen molar-refractivity contribution in [2.24, 2.45) is 10.2 Å². The van der Waals surface area contributed by atoms with E-state index in [0.717, 1.165) is 24.3 Å². The number of hydrogen-bond donors (Lipinski definition) is 0. The molecule has 15 heavy (non-hydrogen) atoms. The molecule has 82 valence electrons. The highest BCUT2D eigenvalue weighted by Gasteiger charge is 2.02. The maximum atomic E-state index is 5.19. The van der Waals surface area contributed by atoms with E-state index in [1.54, 1.807) is 7.11 Å². The lowest BCUT2D eigenvalue weighted by atomic mass is 10.2. The summed E-state index contributed by atoms with van der Waals surface area (Å²) in [6, 6.07) is 7.97. The fourth-order valence-corrected chi connectivity index (χ4v) is 1.31. The minimum atomic E-state index is 0.315. The quantitative estimate of drug-likeness (QED) is 0.671. The Hall–Kier alpha value is -1.38. The number of ether oxygens (including phenoxy) is 1. The molecule has 0 amide bonds. The number of azo groups is 1. The third kappa shape index (κ3) is 3.35. The molecule has 1 aromatic rings. The van der Waals surface area contributed by atoms with Crippen LogP contribution in [0.3, 0.4) is 0 Å². The van der Waals surface area contributed by atoms with Gasteiger partial charge in [0.05, 0.1) is 13.2 Å². The monoisotopic (exact) mass is 206 g/mol. The lowest BCUT2D eigenvalue weighted by Gasteiger charge is -2.05. The predicted octanol–water partition coefficient (Wildman–Crippen LogP) is 3.97. The van der Waals surface area contributed by atoms with Gasteiger partial charge < -0.3 is 4.74 Å². The Morgan fingerprint density at radius 3 is 2.47 bits per heavy atom. The summed E-state index contributed by atoms with van der Waals surface area (Å²) in [7, 11) is 1.64. The summed E-state index contributed by atoms with van der Waals surface area (Å²) in [5.74, 6) is 0.771. The first kappa shape index (κ1) is 11.7. The van der Waals surface area contributed by atoms with E-state index < -0.39 is 0 Å². The molecule has 0 unspecified atom stereocenters. The van der Waals surface area contributed by atoms with Gasteiger partial charge in [-0.1, -0.05) is 26.0 Å². The summed E-state index contributed by atoms with van der Waals surface area (Å²) >= 11 is 0. The number of hydrogen-bond acceptors (Lipinski definition) is 3. The molecule has 1 aromatic carbocycles. The second kappa shape index (κ2) is 6.17. The van der Waals surface area contributed by atoms with Crippen LogP contribution in [-0.2, 0) is 0 Å². The van der Waals surface area contributed by atoms with E-state index in [9.17, 15) is 0 Å². The molecule has 1 rings (SSSR count).